The van der Waals surface area contributed by atoms with Crippen LogP contribution < -0.4 is 15.4 Å². The molecule has 0 saturated heterocycles. The summed E-state index contributed by atoms with van der Waals surface area (Å²) in [6.07, 6.45) is 0.866. The monoisotopic (exact) mass is 282 g/mol. The molecule has 1 amide bonds. The van der Waals surface area contributed by atoms with Gasteiger partial charge in [0.05, 0.1) is 6.61 Å². The van der Waals surface area contributed by atoms with E-state index in [1.54, 1.807) is 4.90 Å². The van der Waals surface area contributed by atoms with Crippen LogP contribution in [0.4, 0.5) is 11.4 Å². The summed E-state index contributed by atoms with van der Waals surface area (Å²) in [4.78, 5) is 14.5. The SMILES string of the molecule is CCN(C(=O)c1ccc2c(c1)CCO2)c1ccc(N)cc1. The summed E-state index contributed by atoms with van der Waals surface area (Å²) in [5.41, 5.74) is 9.04. The number of rotatable bonds is 3. The number of hydrogen-bond acceptors (Lipinski definition) is 3. The number of nitrogens with two attached hydrogens (primary N) is 1. The normalized spacial score (nSPS) is 12.6. The van der Waals surface area contributed by atoms with Gasteiger partial charge in [0, 0.05) is 29.9 Å². The minimum absolute atomic E-state index is 0.00280. The second kappa shape index (κ2) is 5.48. The predicted octanol–water partition coefficient (Wildman–Crippen LogP) is 2.87. The van der Waals surface area contributed by atoms with Crippen molar-refractivity contribution in [3.8, 4) is 5.75 Å². The van der Waals surface area contributed by atoms with Gasteiger partial charge in [0.1, 0.15) is 5.75 Å². The summed E-state index contributed by atoms with van der Waals surface area (Å²) >= 11 is 0. The topological polar surface area (TPSA) is 55.6 Å². The third kappa shape index (κ3) is 2.57. The van der Waals surface area contributed by atoms with Gasteiger partial charge in [-0.3, -0.25) is 4.79 Å². The van der Waals surface area contributed by atoms with Crippen LogP contribution in [0.3, 0.4) is 0 Å². The first-order valence-corrected chi connectivity index (χ1v) is 7.12. The molecule has 21 heavy (non-hydrogen) atoms. The molecule has 0 fully saturated rings. The molecule has 0 spiro atoms. The summed E-state index contributed by atoms with van der Waals surface area (Å²) < 4.78 is 5.48. The Balaban J connectivity index is 1.90. The zero-order valence-corrected chi connectivity index (χ0v) is 12.0. The van der Waals surface area contributed by atoms with Gasteiger partial charge in [0.15, 0.2) is 0 Å². The summed E-state index contributed by atoms with van der Waals surface area (Å²) in [6.45, 7) is 3.27. The molecule has 4 nitrogen and oxygen atoms in total. The molecule has 0 bridgehead atoms. The lowest BCUT2D eigenvalue weighted by Gasteiger charge is -2.21. The average molecular weight is 282 g/mol. The summed E-state index contributed by atoms with van der Waals surface area (Å²) in [5.74, 6) is 0.888. The number of fused-ring (bicyclic) bond motifs is 1. The van der Waals surface area contributed by atoms with Crippen LogP contribution in [0.15, 0.2) is 42.5 Å². The Morgan fingerprint density at radius 3 is 2.71 bits per heavy atom. The van der Waals surface area contributed by atoms with Crippen molar-refractivity contribution in [1.29, 1.82) is 0 Å². The van der Waals surface area contributed by atoms with E-state index < -0.39 is 0 Å². The van der Waals surface area contributed by atoms with E-state index in [-0.39, 0.29) is 5.91 Å². The maximum atomic E-state index is 12.7. The van der Waals surface area contributed by atoms with E-state index in [2.05, 4.69) is 0 Å². The van der Waals surface area contributed by atoms with Crippen LogP contribution in [0.25, 0.3) is 0 Å². The Kier molecular flexibility index (Phi) is 3.52. The van der Waals surface area contributed by atoms with Crippen molar-refractivity contribution in [3.63, 3.8) is 0 Å². The number of carbonyl (C=O) groups is 1. The van der Waals surface area contributed by atoms with E-state index in [1.165, 1.54) is 0 Å². The van der Waals surface area contributed by atoms with Gasteiger partial charge < -0.3 is 15.4 Å². The third-order valence-corrected chi connectivity index (χ3v) is 3.70. The Morgan fingerprint density at radius 2 is 2.00 bits per heavy atom. The van der Waals surface area contributed by atoms with E-state index >= 15 is 0 Å². The van der Waals surface area contributed by atoms with Crippen molar-refractivity contribution in [1.82, 2.24) is 0 Å². The molecular weight excluding hydrogens is 264 g/mol. The van der Waals surface area contributed by atoms with E-state index in [0.29, 0.717) is 24.4 Å². The fraction of sp³-hybridized carbons (Fsp3) is 0.235. The first kappa shape index (κ1) is 13.5. The smallest absolute Gasteiger partial charge is 0.258 e. The Labute approximate surface area is 124 Å². The molecule has 0 aliphatic carbocycles. The zero-order chi connectivity index (χ0) is 14.8. The first-order chi connectivity index (χ1) is 10.2. The van der Waals surface area contributed by atoms with Crippen LogP contribution in [0.2, 0.25) is 0 Å². The number of ether oxygens (including phenoxy) is 1. The number of anilines is 2. The number of nitrogens with zero attached hydrogens (tertiary/aromatic N) is 1. The van der Waals surface area contributed by atoms with Crippen molar-refractivity contribution in [2.75, 3.05) is 23.8 Å². The maximum absolute atomic E-state index is 12.7. The molecule has 1 aliphatic heterocycles. The molecular formula is C17H18N2O2. The van der Waals surface area contributed by atoms with Gasteiger partial charge in [-0.1, -0.05) is 0 Å². The number of carbonyl (C=O) groups excluding carboxylic acids is 1. The highest BCUT2D eigenvalue weighted by Crippen LogP contribution is 2.27. The minimum Gasteiger partial charge on any atom is -0.493 e. The summed E-state index contributed by atoms with van der Waals surface area (Å²) in [7, 11) is 0. The fourth-order valence-electron chi connectivity index (χ4n) is 2.57. The molecule has 0 unspecified atom stereocenters. The molecule has 3 rings (SSSR count). The molecule has 2 aromatic carbocycles. The lowest BCUT2D eigenvalue weighted by molar-refractivity contribution is 0.0988. The molecule has 0 atom stereocenters. The number of amides is 1. The van der Waals surface area contributed by atoms with Crippen LogP contribution in [0.5, 0.6) is 5.75 Å². The quantitative estimate of drug-likeness (QED) is 0.881. The molecule has 1 heterocycles. The van der Waals surface area contributed by atoms with Gasteiger partial charge in [-0.05, 0) is 55.0 Å². The van der Waals surface area contributed by atoms with E-state index in [9.17, 15) is 4.79 Å². The number of benzene rings is 2. The summed E-state index contributed by atoms with van der Waals surface area (Å²) in [5, 5.41) is 0. The average Bonchev–Trinajstić information content (AvgIpc) is 2.97. The molecule has 0 saturated carbocycles. The lowest BCUT2D eigenvalue weighted by Crippen LogP contribution is -2.30. The van der Waals surface area contributed by atoms with Gasteiger partial charge in [-0.25, -0.2) is 0 Å². The molecule has 2 aromatic rings. The van der Waals surface area contributed by atoms with Crippen molar-refractivity contribution in [2.24, 2.45) is 0 Å². The van der Waals surface area contributed by atoms with Crippen LogP contribution in [0.1, 0.15) is 22.8 Å². The largest absolute Gasteiger partial charge is 0.493 e. The Morgan fingerprint density at radius 1 is 1.24 bits per heavy atom. The molecule has 2 N–H and O–H groups in total. The molecule has 0 radical (unpaired) electrons. The van der Waals surface area contributed by atoms with Crippen molar-refractivity contribution < 1.29 is 9.53 Å². The van der Waals surface area contributed by atoms with Crippen molar-refractivity contribution >= 4 is 17.3 Å². The second-order valence-electron chi connectivity index (χ2n) is 5.06. The molecule has 4 heteroatoms. The summed E-state index contributed by atoms with van der Waals surface area (Å²) in [6, 6.07) is 13.0. The number of hydrogen-bond donors (Lipinski definition) is 1. The molecule has 108 valence electrons. The predicted molar refractivity (Wildman–Crippen MR) is 83.8 cm³/mol. The third-order valence-electron chi connectivity index (χ3n) is 3.70. The Hall–Kier alpha value is -2.49. The van der Waals surface area contributed by atoms with Gasteiger partial charge in [0.25, 0.3) is 5.91 Å². The van der Waals surface area contributed by atoms with Crippen LogP contribution in [-0.2, 0) is 6.42 Å². The van der Waals surface area contributed by atoms with Crippen LogP contribution >= 0.6 is 0 Å². The highest BCUT2D eigenvalue weighted by molar-refractivity contribution is 6.06. The van der Waals surface area contributed by atoms with E-state index in [4.69, 9.17) is 10.5 Å². The van der Waals surface area contributed by atoms with E-state index in [0.717, 1.165) is 23.4 Å². The number of nitrogen functional groups attached to an aromatic ring is 1. The van der Waals surface area contributed by atoms with Gasteiger partial charge in [-0.2, -0.15) is 0 Å². The lowest BCUT2D eigenvalue weighted by atomic mass is 10.1. The fourth-order valence-corrected chi connectivity index (χ4v) is 2.57. The second-order valence-corrected chi connectivity index (χ2v) is 5.06. The van der Waals surface area contributed by atoms with Gasteiger partial charge in [-0.15, -0.1) is 0 Å². The molecule has 1 aliphatic rings. The first-order valence-electron chi connectivity index (χ1n) is 7.12. The zero-order valence-electron chi connectivity index (χ0n) is 12.0. The highest BCUT2D eigenvalue weighted by atomic mass is 16.5. The van der Waals surface area contributed by atoms with Crippen LogP contribution in [-0.4, -0.2) is 19.1 Å². The highest BCUT2D eigenvalue weighted by Gasteiger charge is 2.19. The standard InChI is InChI=1S/C17H18N2O2/c1-2-19(15-6-4-14(18)5-7-15)17(20)13-3-8-16-12(11-13)9-10-21-16/h3-8,11H,2,9-10,18H2,1H3. The van der Waals surface area contributed by atoms with Gasteiger partial charge in [0.2, 0.25) is 0 Å². The molecule has 0 aromatic heterocycles. The van der Waals surface area contributed by atoms with Crippen LogP contribution in [0, 0.1) is 0 Å². The van der Waals surface area contributed by atoms with Gasteiger partial charge >= 0.3 is 0 Å². The van der Waals surface area contributed by atoms with Crippen molar-refractivity contribution in [2.45, 2.75) is 13.3 Å². The minimum atomic E-state index is -0.00280. The van der Waals surface area contributed by atoms with Crippen molar-refractivity contribution in [3.05, 3.63) is 53.6 Å². The Bertz CT molecular complexity index is 665. The van der Waals surface area contributed by atoms with E-state index in [1.807, 2.05) is 49.4 Å². The maximum Gasteiger partial charge on any atom is 0.258 e.